The first-order valence-corrected chi connectivity index (χ1v) is 7.04. The van der Waals surface area contributed by atoms with Crippen LogP contribution in [0.4, 0.5) is 0 Å². The molecule has 0 unspecified atom stereocenters. The molecule has 1 aliphatic rings. The zero-order valence-electron chi connectivity index (χ0n) is 11.5. The van der Waals surface area contributed by atoms with Crippen molar-refractivity contribution in [1.82, 2.24) is 9.80 Å². The van der Waals surface area contributed by atoms with Gasteiger partial charge in [-0.25, -0.2) is 0 Å². The van der Waals surface area contributed by atoms with Gasteiger partial charge >= 0.3 is 0 Å². The van der Waals surface area contributed by atoms with Crippen LogP contribution in [0.2, 0.25) is 0 Å². The molecule has 0 aliphatic heterocycles. The van der Waals surface area contributed by atoms with Crippen molar-refractivity contribution in [3.63, 3.8) is 0 Å². The van der Waals surface area contributed by atoms with Crippen LogP contribution < -0.4 is 5.73 Å². The van der Waals surface area contributed by atoms with Crippen LogP contribution in [0, 0.1) is 5.41 Å². The lowest BCUT2D eigenvalue weighted by Gasteiger charge is -2.28. The summed E-state index contributed by atoms with van der Waals surface area (Å²) in [6, 6.07) is 0. The van der Waals surface area contributed by atoms with Gasteiger partial charge in [0, 0.05) is 26.1 Å². The smallest absolute Gasteiger partial charge is 0.0733 e. The standard InChI is InChI=1S/C13H27N3S/c1-4-7-16(9-8-15(2)3)11-13(5-6-13)10-12(14)17/h4-11H2,1-3H3,(H2,14,17). The van der Waals surface area contributed by atoms with Crippen LogP contribution >= 0.6 is 12.2 Å². The Morgan fingerprint density at radius 3 is 2.29 bits per heavy atom. The van der Waals surface area contributed by atoms with Crippen molar-refractivity contribution in [2.45, 2.75) is 32.6 Å². The first kappa shape index (κ1) is 14.9. The minimum Gasteiger partial charge on any atom is -0.393 e. The zero-order chi connectivity index (χ0) is 12.9. The van der Waals surface area contributed by atoms with Gasteiger partial charge < -0.3 is 15.5 Å². The third-order valence-electron chi connectivity index (χ3n) is 3.47. The number of nitrogens with two attached hydrogens (primary N) is 1. The fourth-order valence-electron chi connectivity index (χ4n) is 2.34. The summed E-state index contributed by atoms with van der Waals surface area (Å²) >= 11 is 5.06. The SMILES string of the molecule is CCCN(CCN(C)C)CC1(CC(N)=S)CC1. The van der Waals surface area contributed by atoms with Crippen molar-refractivity contribution in [1.29, 1.82) is 0 Å². The van der Waals surface area contributed by atoms with Crippen LogP contribution in [0.1, 0.15) is 32.6 Å². The maximum absolute atomic E-state index is 5.70. The van der Waals surface area contributed by atoms with E-state index in [1.54, 1.807) is 0 Å². The average molecular weight is 257 g/mol. The van der Waals surface area contributed by atoms with Crippen LogP contribution in [-0.4, -0.2) is 55.1 Å². The monoisotopic (exact) mass is 257 g/mol. The predicted octanol–water partition coefficient (Wildman–Crippen LogP) is 1.72. The second kappa shape index (κ2) is 6.66. The molecule has 1 aliphatic carbocycles. The quantitative estimate of drug-likeness (QED) is 0.638. The Kier molecular flexibility index (Phi) is 5.83. The molecule has 0 radical (unpaired) electrons. The van der Waals surface area contributed by atoms with Crippen molar-refractivity contribution in [3.8, 4) is 0 Å². The summed E-state index contributed by atoms with van der Waals surface area (Å²) in [5.41, 5.74) is 6.12. The highest BCUT2D eigenvalue weighted by atomic mass is 32.1. The lowest BCUT2D eigenvalue weighted by molar-refractivity contribution is 0.202. The Labute approximate surface area is 111 Å². The first-order valence-electron chi connectivity index (χ1n) is 6.63. The molecule has 17 heavy (non-hydrogen) atoms. The topological polar surface area (TPSA) is 32.5 Å². The molecule has 0 bridgehead atoms. The van der Waals surface area contributed by atoms with Crippen molar-refractivity contribution in [2.75, 3.05) is 40.3 Å². The zero-order valence-corrected chi connectivity index (χ0v) is 12.4. The molecule has 100 valence electrons. The van der Waals surface area contributed by atoms with Crippen LogP contribution in [0.3, 0.4) is 0 Å². The molecule has 0 aromatic carbocycles. The van der Waals surface area contributed by atoms with Gasteiger partial charge in [-0.2, -0.15) is 0 Å². The fraction of sp³-hybridized carbons (Fsp3) is 0.923. The molecule has 0 atom stereocenters. The summed E-state index contributed by atoms with van der Waals surface area (Å²) in [5, 5.41) is 0. The number of thiocarbonyl (C=S) groups is 1. The summed E-state index contributed by atoms with van der Waals surface area (Å²) < 4.78 is 0. The van der Waals surface area contributed by atoms with Gasteiger partial charge in [-0.15, -0.1) is 0 Å². The number of hydrogen-bond acceptors (Lipinski definition) is 3. The Morgan fingerprint density at radius 1 is 1.24 bits per heavy atom. The Balaban J connectivity index is 2.40. The van der Waals surface area contributed by atoms with E-state index in [0.717, 1.165) is 19.5 Å². The van der Waals surface area contributed by atoms with Crippen LogP contribution in [0.15, 0.2) is 0 Å². The number of hydrogen-bond donors (Lipinski definition) is 1. The highest BCUT2D eigenvalue weighted by Gasteiger charge is 2.43. The third-order valence-corrected chi connectivity index (χ3v) is 3.61. The van der Waals surface area contributed by atoms with E-state index in [2.05, 4.69) is 30.8 Å². The molecule has 0 heterocycles. The molecular weight excluding hydrogens is 230 g/mol. The van der Waals surface area contributed by atoms with Crippen molar-refractivity contribution in [3.05, 3.63) is 0 Å². The highest BCUT2D eigenvalue weighted by molar-refractivity contribution is 7.80. The van der Waals surface area contributed by atoms with Gasteiger partial charge in [0.1, 0.15) is 0 Å². The molecule has 0 aromatic heterocycles. The van der Waals surface area contributed by atoms with Crippen LogP contribution in [0.5, 0.6) is 0 Å². The molecule has 2 N–H and O–H groups in total. The van der Waals surface area contributed by atoms with E-state index in [-0.39, 0.29) is 0 Å². The summed E-state index contributed by atoms with van der Waals surface area (Å²) in [6.07, 6.45) is 4.75. The van der Waals surface area contributed by atoms with E-state index < -0.39 is 0 Å². The second-order valence-electron chi connectivity index (χ2n) is 5.72. The van der Waals surface area contributed by atoms with Gasteiger partial charge in [-0.3, -0.25) is 0 Å². The molecule has 0 spiro atoms. The fourth-order valence-corrected chi connectivity index (χ4v) is 2.65. The normalized spacial score (nSPS) is 17.7. The van der Waals surface area contributed by atoms with Crippen LogP contribution in [0.25, 0.3) is 0 Å². The summed E-state index contributed by atoms with van der Waals surface area (Å²) in [6.45, 7) is 6.89. The number of likely N-dealkylation sites (N-methyl/N-ethyl adjacent to an activating group) is 1. The minimum atomic E-state index is 0.424. The minimum absolute atomic E-state index is 0.424. The van der Waals surface area contributed by atoms with Gasteiger partial charge in [0.05, 0.1) is 4.99 Å². The predicted molar refractivity (Wildman–Crippen MR) is 78.4 cm³/mol. The largest absolute Gasteiger partial charge is 0.393 e. The first-order chi connectivity index (χ1) is 7.97. The van der Waals surface area contributed by atoms with Gasteiger partial charge in [-0.1, -0.05) is 19.1 Å². The van der Waals surface area contributed by atoms with Crippen molar-refractivity contribution >= 4 is 17.2 Å². The average Bonchev–Trinajstić information content (AvgIpc) is 2.93. The van der Waals surface area contributed by atoms with Gasteiger partial charge in [0.25, 0.3) is 0 Å². The summed E-state index contributed by atoms with van der Waals surface area (Å²) in [5.74, 6) is 0. The molecule has 0 aromatic rings. The van der Waals surface area contributed by atoms with Crippen LogP contribution in [-0.2, 0) is 0 Å². The Bertz CT molecular complexity index is 249. The highest BCUT2D eigenvalue weighted by Crippen LogP contribution is 2.49. The molecule has 1 fully saturated rings. The van der Waals surface area contributed by atoms with E-state index in [1.807, 2.05) is 0 Å². The number of nitrogens with zero attached hydrogens (tertiary/aromatic N) is 2. The molecule has 1 rings (SSSR count). The lowest BCUT2D eigenvalue weighted by Crippen LogP contribution is -2.37. The molecule has 4 heteroatoms. The maximum atomic E-state index is 5.70. The Hall–Kier alpha value is -0.190. The second-order valence-corrected chi connectivity index (χ2v) is 6.25. The van der Waals surface area contributed by atoms with E-state index in [0.29, 0.717) is 10.4 Å². The van der Waals surface area contributed by atoms with E-state index >= 15 is 0 Å². The number of rotatable bonds is 9. The maximum Gasteiger partial charge on any atom is 0.0733 e. The molecular formula is C13H27N3S. The summed E-state index contributed by atoms with van der Waals surface area (Å²) in [7, 11) is 4.26. The lowest BCUT2D eigenvalue weighted by atomic mass is 10.0. The van der Waals surface area contributed by atoms with E-state index in [4.69, 9.17) is 18.0 Å². The van der Waals surface area contributed by atoms with E-state index in [9.17, 15) is 0 Å². The Morgan fingerprint density at radius 2 is 1.88 bits per heavy atom. The summed E-state index contributed by atoms with van der Waals surface area (Å²) in [4.78, 5) is 5.51. The van der Waals surface area contributed by atoms with Gasteiger partial charge in [-0.05, 0) is 45.3 Å². The van der Waals surface area contributed by atoms with Crippen molar-refractivity contribution in [2.24, 2.45) is 11.1 Å². The van der Waals surface area contributed by atoms with Gasteiger partial charge in [0.15, 0.2) is 0 Å². The molecule has 1 saturated carbocycles. The molecule has 0 amide bonds. The van der Waals surface area contributed by atoms with Crippen molar-refractivity contribution < 1.29 is 0 Å². The van der Waals surface area contributed by atoms with E-state index in [1.165, 1.54) is 32.4 Å². The molecule has 0 saturated heterocycles. The van der Waals surface area contributed by atoms with Gasteiger partial charge in [0.2, 0.25) is 0 Å². The third kappa shape index (κ3) is 5.80. The molecule has 3 nitrogen and oxygen atoms in total.